The molecule has 0 atom stereocenters. The zero-order chi connectivity index (χ0) is 11.9. The van der Waals surface area contributed by atoms with E-state index in [0.29, 0.717) is 5.92 Å². The van der Waals surface area contributed by atoms with E-state index in [1.165, 1.54) is 5.56 Å². The molecule has 0 saturated carbocycles. The molecule has 0 fully saturated rings. The van der Waals surface area contributed by atoms with Gasteiger partial charge in [-0.2, -0.15) is 0 Å². The fourth-order valence-electron chi connectivity index (χ4n) is 1.95. The minimum Gasteiger partial charge on any atom is -0.319 e. The van der Waals surface area contributed by atoms with Crippen molar-refractivity contribution in [2.24, 2.45) is 0 Å². The molecule has 0 aliphatic rings. The number of thiazole rings is 1. The highest BCUT2D eigenvalue weighted by molar-refractivity contribution is 7.71. The highest BCUT2D eigenvalue weighted by Gasteiger charge is 2.22. The summed E-state index contributed by atoms with van der Waals surface area (Å²) in [6, 6.07) is 4.10. The fourth-order valence-corrected chi connectivity index (χ4v) is 5.07. The second-order valence-corrected chi connectivity index (χ2v) is 8.71. The molecule has 1 aromatic heterocycles. The Kier molecular flexibility index (Phi) is 2.93. The average molecular weight is 253 g/mol. The first-order valence-corrected chi connectivity index (χ1v) is 8.81. The van der Waals surface area contributed by atoms with Gasteiger partial charge in [-0.1, -0.05) is 19.9 Å². The molecule has 2 nitrogen and oxygen atoms in total. The zero-order valence-electron chi connectivity index (χ0n) is 10.0. The van der Waals surface area contributed by atoms with E-state index < -0.39 is 7.14 Å². The van der Waals surface area contributed by atoms with Crippen LogP contribution in [-0.2, 0) is 4.57 Å². The topological polar surface area (TPSA) is 30.0 Å². The lowest BCUT2D eigenvalue weighted by Gasteiger charge is -2.16. The third-order valence-electron chi connectivity index (χ3n) is 2.66. The summed E-state index contributed by atoms with van der Waals surface area (Å²) in [5.74, 6) is 0.398. The number of rotatable bonds is 2. The van der Waals surface area contributed by atoms with E-state index in [1.54, 1.807) is 11.3 Å². The Morgan fingerprint density at radius 2 is 2.00 bits per heavy atom. The van der Waals surface area contributed by atoms with Gasteiger partial charge in [-0.05, 0) is 30.9 Å². The van der Waals surface area contributed by atoms with Gasteiger partial charge >= 0.3 is 0 Å². The highest BCUT2D eigenvalue weighted by Crippen LogP contribution is 2.41. The molecule has 0 saturated heterocycles. The minimum atomic E-state index is -2.25. The second kappa shape index (κ2) is 3.97. The molecule has 0 N–H and O–H groups in total. The molecule has 0 aliphatic heterocycles. The summed E-state index contributed by atoms with van der Waals surface area (Å²) in [5, 5.41) is 1.03. The molecule has 16 heavy (non-hydrogen) atoms. The molecule has 2 aromatic rings. The molecule has 0 bridgehead atoms. The summed E-state index contributed by atoms with van der Waals surface area (Å²) in [4.78, 5) is 4.29. The van der Waals surface area contributed by atoms with Crippen LogP contribution in [0.25, 0.3) is 10.2 Å². The van der Waals surface area contributed by atoms with Gasteiger partial charge in [0.2, 0.25) is 0 Å². The lowest BCUT2D eigenvalue weighted by Crippen LogP contribution is -2.12. The van der Waals surface area contributed by atoms with Gasteiger partial charge in [-0.25, -0.2) is 4.98 Å². The number of aromatic nitrogens is 1. The molecule has 1 heterocycles. The lowest BCUT2D eigenvalue weighted by atomic mass is 10.0. The Bertz CT molecular complexity index is 567. The van der Waals surface area contributed by atoms with E-state index in [2.05, 4.69) is 24.9 Å². The molecular weight excluding hydrogens is 237 g/mol. The summed E-state index contributed by atoms with van der Waals surface area (Å²) < 4.78 is 13.5. The third kappa shape index (κ3) is 1.94. The smallest absolute Gasteiger partial charge is 0.111 e. The van der Waals surface area contributed by atoms with Crippen molar-refractivity contribution in [1.29, 1.82) is 0 Å². The van der Waals surface area contributed by atoms with Crippen molar-refractivity contribution in [3.8, 4) is 0 Å². The molecule has 2 rings (SSSR count). The van der Waals surface area contributed by atoms with E-state index >= 15 is 0 Å². The first-order valence-electron chi connectivity index (χ1n) is 5.33. The van der Waals surface area contributed by atoms with Crippen molar-refractivity contribution in [1.82, 2.24) is 4.98 Å². The van der Waals surface area contributed by atoms with Gasteiger partial charge in [0.25, 0.3) is 0 Å². The van der Waals surface area contributed by atoms with E-state index in [-0.39, 0.29) is 0 Å². The van der Waals surface area contributed by atoms with Crippen LogP contribution in [0.15, 0.2) is 17.6 Å². The summed E-state index contributed by atoms with van der Waals surface area (Å²) in [6.07, 6.45) is 0. The van der Waals surface area contributed by atoms with Gasteiger partial charge in [-0.3, -0.25) is 0 Å². The van der Waals surface area contributed by atoms with Crippen molar-refractivity contribution < 1.29 is 4.57 Å². The largest absolute Gasteiger partial charge is 0.319 e. The SMILES string of the molecule is CC(C)c1ccc2ncsc2c1P(C)(C)=O. The number of benzene rings is 1. The number of nitrogens with zero attached hydrogens (tertiary/aromatic N) is 1. The lowest BCUT2D eigenvalue weighted by molar-refractivity contribution is 0.588. The van der Waals surface area contributed by atoms with Crippen LogP contribution in [0.2, 0.25) is 0 Å². The van der Waals surface area contributed by atoms with Crippen molar-refractivity contribution in [3.63, 3.8) is 0 Å². The van der Waals surface area contributed by atoms with Crippen molar-refractivity contribution in [2.75, 3.05) is 13.3 Å². The molecule has 0 amide bonds. The van der Waals surface area contributed by atoms with Crippen molar-refractivity contribution in [3.05, 3.63) is 23.2 Å². The first kappa shape index (κ1) is 11.8. The maximum absolute atomic E-state index is 12.4. The van der Waals surface area contributed by atoms with Gasteiger partial charge in [0.1, 0.15) is 7.14 Å². The van der Waals surface area contributed by atoms with Gasteiger partial charge in [0.05, 0.1) is 15.7 Å². The summed E-state index contributed by atoms with van der Waals surface area (Å²) in [5.41, 5.74) is 3.99. The molecule has 0 aliphatic carbocycles. The van der Waals surface area contributed by atoms with Gasteiger partial charge in [0.15, 0.2) is 0 Å². The van der Waals surface area contributed by atoms with Gasteiger partial charge < -0.3 is 4.57 Å². The van der Waals surface area contributed by atoms with E-state index in [9.17, 15) is 4.57 Å². The zero-order valence-corrected chi connectivity index (χ0v) is 11.7. The fraction of sp³-hybridized carbons (Fsp3) is 0.417. The summed E-state index contributed by atoms with van der Waals surface area (Å²) in [7, 11) is -2.25. The predicted octanol–water partition coefficient (Wildman–Crippen LogP) is 3.67. The minimum absolute atomic E-state index is 0.398. The van der Waals surface area contributed by atoms with Gasteiger partial charge in [0, 0.05) is 5.30 Å². The normalized spacial score (nSPS) is 12.6. The number of hydrogen-bond donors (Lipinski definition) is 0. The Hall–Kier alpha value is -0.660. The van der Waals surface area contributed by atoms with Crippen LogP contribution in [0.5, 0.6) is 0 Å². The Morgan fingerprint density at radius 1 is 1.31 bits per heavy atom. The van der Waals surface area contributed by atoms with Crippen LogP contribution in [0.1, 0.15) is 25.3 Å². The van der Waals surface area contributed by atoms with E-state index in [0.717, 1.165) is 15.5 Å². The quantitative estimate of drug-likeness (QED) is 0.764. The van der Waals surface area contributed by atoms with Crippen LogP contribution in [0.4, 0.5) is 0 Å². The Labute approximate surface area is 100 Å². The predicted molar refractivity (Wildman–Crippen MR) is 72.8 cm³/mol. The monoisotopic (exact) mass is 253 g/mol. The summed E-state index contributed by atoms with van der Waals surface area (Å²) in [6.45, 7) is 7.96. The van der Waals surface area contributed by atoms with Crippen LogP contribution in [0, 0.1) is 0 Å². The third-order valence-corrected chi connectivity index (χ3v) is 5.23. The molecule has 0 radical (unpaired) electrons. The Balaban J connectivity index is 2.87. The number of hydrogen-bond acceptors (Lipinski definition) is 3. The van der Waals surface area contributed by atoms with Crippen LogP contribution < -0.4 is 5.30 Å². The number of fused-ring (bicyclic) bond motifs is 1. The molecule has 1 aromatic carbocycles. The van der Waals surface area contributed by atoms with E-state index in [4.69, 9.17) is 0 Å². The Morgan fingerprint density at radius 3 is 2.56 bits per heavy atom. The maximum atomic E-state index is 12.4. The standard InChI is InChI=1S/C12H16NOPS/c1-8(2)9-5-6-10-12(16-7-13-10)11(9)15(3,4)14/h5-8H,1-4H3. The summed E-state index contributed by atoms with van der Waals surface area (Å²) >= 11 is 1.59. The molecule has 4 heteroatoms. The van der Waals surface area contributed by atoms with Crippen LogP contribution in [-0.4, -0.2) is 18.3 Å². The van der Waals surface area contributed by atoms with Crippen LogP contribution in [0.3, 0.4) is 0 Å². The average Bonchev–Trinajstić information content (AvgIpc) is 2.61. The molecule has 0 unspecified atom stereocenters. The maximum Gasteiger partial charge on any atom is 0.111 e. The van der Waals surface area contributed by atoms with Crippen molar-refractivity contribution in [2.45, 2.75) is 19.8 Å². The molecule has 0 spiro atoms. The van der Waals surface area contributed by atoms with Gasteiger partial charge in [-0.15, -0.1) is 11.3 Å². The second-order valence-electron chi connectivity index (χ2n) is 4.71. The first-order chi connectivity index (χ1) is 7.41. The molecule has 86 valence electrons. The highest BCUT2D eigenvalue weighted by atomic mass is 32.1. The van der Waals surface area contributed by atoms with Crippen LogP contribution >= 0.6 is 18.5 Å². The van der Waals surface area contributed by atoms with E-state index in [1.807, 2.05) is 24.9 Å². The van der Waals surface area contributed by atoms with Crippen molar-refractivity contribution >= 4 is 34.0 Å². The molecular formula is C12H16NOPS.